The molecule has 0 radical (unpaired) electrons. The third-order valence-corrected chi connectivity index (χ3v) is 7.54. The van der Waals surface area contributed by atoms with Gasteiger partial charge in [0.1, 0.15) is 0 Å². The first-order valence-electron chi connectivity index (χ1n) is 16.0. The lowest BCUT2D eigenvalue weighted by molar-refractivity contribution is -0.144. The molecule has 0 fully saturated rings. The minimum Gasteiger partial charge on any atom is -0.469 e. The summed E-state index contributed by atoms with van der Waals surface area (Å²) in [5, 5.41) is 9.90. The van der Waals surface area contributed by atoms with E-state index in [1.165, 1.54) is 35.5 Å². The van der Waals surface area contributed by atoms with E-state index in [0.29, 0.717) is 85.0 Å². The zero-order valence-electron chi connectivity index (χ0n) is 29.2. The highest BCUT2D eigenvalue weighted by molar-refractivity contribution is 5.70. The van der Waals surface area contributed by atoms with Crippen LogP contribution in [0.1, 0.15) is 45.4 Å². The van der Waals surface area contributed by atoms with Crippen LogP contribution in [-0.2, 0) is 52.4 Å². The molecule has 1 N–H and O–H groups in total. The Morgan fingerprint density at radius 1 is 0.468 bits per heavy atom. The molecule has 1 unspecified atom stereocenters. The van der Waals surface area contributed by atoms with Gasteiger partial charge in [-0.15, -0.1) is 0 Å². The lowest BCUT2D eigenvalue weighted by Crippen LogP contribution is -2.44. The van der Waals surface area contributed by atoms with Crippen molar-refractivity contribution in [3.63, 3.8) is 0 Å². The third-order valence-electron chi connectivity index (χ3n) is 7.54. The highest BCUT2D eigenvalue weighted by atomic mass is 16.6. The molecule has 0 aliphatic carbocycles. The number of aliphatic hydroxyl groups is 1. The molecule has 0 rings (SSSR count). The number of carbonyl (C=O) groups excluding carboxylic acids is 5. The predicted molar refractivity (Wildman–Crippen MR) is 171 cm³/mol. The van der Waals surface area contributed by atoms with Gasteiger partial charge in [-0.3, -0.25) is 24.0 Å². The van der Waals surface area contributed by atoms with E-state index in [-0.39, 0.29) is 68.6 Å². The molecule has 0 aromatic rings. The van der Waals surface area contributed by atoms with Crippen LogP contribution in [0.3, 0.4) is 0 Å². The van der Waals surface area contributed by atoms with Crippen molar-refractivity contribution in [3.05, 3.63) is 0 Å². The topological polar surface area (TPSA) is 174 Å². The third kappa shape index (κ3) is 24.0. The van der Waals surface area contributed by atoms with Crippen LogP contribution in [0, 0.1) is 0 Å². The Hall–Kier alpha value is -2.89. The number of carbonyl (C=O) groups is 5. The van der Waals surface area contributed by atoms with E-state index in [4.69, 9.17) is 28.4 Å². The quantitative estimate of drug-likeness (QED) is 0.0623. The summed E-state index contributed by atoms with van der Waals surface area (Å²) in [5.41, 5.74) is 0. The van der Waals surface area contributed by atoms with Crippen LogP contribution < -0.4 is 0 Å². The normalized spacial score (nSPS) is 12.0. The molecule has 0 bridgehead atoms. The average Bonchev–Trinajstić information content (AvgIpc) is 3.08. The molecule has 0 spiro atoms. The van der Waals surface area contributed by atoms with Crippen molar-refractivity contribution in [2.75, 3.05) is 121 Å². The fourth-order valence-electron chi connectivity index (χ4n) is 4.49. The molecule has 0 amide bonds. The van der Waals surface area contributed by atoms with E-state index < -0.39 is 6.29 Å². The smallest absolute Gasteiger partial charge is 0.307 e. The first-order chi connectivity index (χ1) is 22.5. The lowest BCUT2D eigenvalue weighted by atomic mass is 10.2. The van der Waals surface area contributed by atoms with E-state index in [1.54, 1.807) is 6.92 Å². The summed E-state index contributed by atoms with van der Waals surface area (Å²) < 4.78 is 29.3. The second-order valence-electron chi connectivity index (χ2n) is 10.7. The molecule has 0 saturated heterocycles. The molecule has 47 heavy (non-hydrogen) atoms. The zero-order valence-corrected chi connectivity index (χ0v) is 29.2. The van der Waals surface area contributed by atoms with Crippen LogP contribution in [0.15, 0.2) is 0 Å². The second-order valence-corrected chi connectivity index (χ2v) is 10.7. The van der Waals surface area contributed by atoms with Gasteiger partial charge in [0.25, 0.3) is 0 Å². The minimum absolute atomic E-state index is 0.162. The first-order valence-corrected chi connectivity index (χ1v) is 16.0. The summed E-state index contributed by atoms with van der Waals surface area (Å²) in [6.45, 7) is 7.81. The minimum atomic E-state index is -0.932. The summed E-state index contributed by atoms with van der Waals surface area (Å²) in [5.74, 6) is -1.70. The monoisotopic (exact) mass is 678 g/mol. The Morgan fingerprint density at radius 2 is 0.745 bits per heavy atom. The maximum Gasteiger partial charge on any atom is 0.307 e. The Morgan fingerprint density at radius 3 is 1.02 bits per heavy atom. The number of methoxy groups -OCH3 is 5. The van der Waals surface area contributed by atoms with E-state index in [1.807, 2.05) is 9.80 Å². The summed E-state index contributed by atoms with van der Waals surface area (Å²) in [6, 6.07) is 0. The second kappa shape index (κ2) is 28.2. The van der Waals surface area contributed by atoms with Crippen LogP contribution in [0.5, 0.6) is 0 Å². The van der Waals surface area contributed by atoms with Crippen molar-refractivity contribution in [3.8, 4) is 0 Å². The Bertz CT molecular complexity index is 875. The number of esters is 5. The van der Waals surface area contributed by atoms with Gasteiger partial charge in [0.2, 0.25) is 0 Å². The maximum absolute atomic E-state index is 12.2. The van der Waals surface area contributed by atoms with Gasteiger partial charge in [0.05, 0.1) is 67.2 Å². The first kappa shape index (κ1) is 44.1. The average molecular weight is 679 g/mol. The van der Waals surface area contributed by atoms with Gasteiger partial charge >= 0.3 is 29.8 Å². The molecule has 16 heteroatoms. The SMILES string of the molecule is CCOC(=O)CCN(CCN(CCC(=O)OC)CCC(=O)OC)CCN(CCC(=O)OC)CCN(CCC(=O)OC)CCC(O)OC. The van der Waals surface area contributed by atoms with Crippen LogP contribution in [0.2, 0.25) is 0 Å². The van der Waals surface area contributed by atoms with E-state index >= 15 is 0 Å². The molecule has 0 aromatic carbocycles. The highest BCUT2D eigenvalue weighted by Gasteiger charge is 2.18. The molecule has 0 aliphatic rings. The maximum atomic E-state index is 12.2. The van der Waals surface area contributed by atoms with Gasteiger partial charge in [0, 0.05) is 92.1 Å². The van der Waals surface area contributed by atoms with Gasteiger partial charge in [-0.2, -0.15) is 0 Å². The molecular formula is C31H58N4O12. The highest BCUT2D eigenvalue weighted by Crippen LogP contribution is 2.05. The van der Waals surface area contributed by atoms with Crippen LogP contribution >= 0.6 is 0 Å². The molecule has 16 nitrogen and oxygen atoms in total. The number of hydrogen-bond donors (Lipinski definition) is 1. The Labute approximate surface area is 279 Å². The molecular weight excluding hydrogens is 620 g/mol. The number of rotatable bonds is 29. The van der Waals surface area contributed by atoms with E-state index in [0.717, 1.165) is 0 Å². The molecule has 0 saturated carbocycles. The van der Waals surface area contributed by atoms with Gasteiger partial charge < -0.3 is 53.1 Å². The molecule has 274 valence electrons. The lowest BCUT2D eigenvalue weighted by Gasteiger charge is -2.31. The van der Waals surface area contributed by atoms with Crippen molar-refractivity contribution in [1.29, 1.82) is 0 Å². The van der Waals surface area contributed by atoms with Crippen molar-refractivity contribution >= 4 is 29.8 Å². The Kier molecular flexibility index (Phi) is 26.4. The van der Waals surface area contributed by atoms with E-state index in [2.05, 4.69) is 9.80 Å². The summed E-state index contributed by atoms with van der Waals surface area (Å²) >= 11 is 0. The Balaban J connectivity index is 5.68. The molecule has 0 aromatic heterocycles. The summed E-state index contributed by atoms with van der Waals surface area (Å²) in [7, 11) is 6.74. The molecule has 1 atom stereocenters. The predicted octanol–water partition coefficient (Wildman–Crippen LogP) is -0.245. The van der Waals surface area contributed by atoms with Gasteiger partial charge in [0.15, 0.2) is 6.29 Å². The van der Waals surface area contributed by atoms with Crippen LogP contribution in [-0.4, -0.2) is 182 Å². The molecule has 0 aliphatic heterocycles. The van der Waals surface area contributed by atoms with Crippen molar-refractivity contribution in [1.82, 2.24) is 19.6 Å². The molecule has 0 heterocycles. The van der Waals surface area contributed by atoms with Crippen molar-refractivity contribution < 1.29 is 57.5 Å². The largest absolute Gasteiger partial charge is 0.469 e. The number of ether oxygens (including phenoxy) is 6. The zero-order chi connectivity index (χ0) is 35.5. The van der Waals surface area contributed by atoms with Gasteiger partial charge in [-0.1, -0.05) is 0 Å². The fraction of sp³-hybridized carbons (Fsp3) is 0.839. The van der Waals surface area contributed by atoms with E-state index in [9.17, 15) is 29.1 Å². The van der Waals surface area contributed by atoms with Crippen molar-refractivity contribution in [2.24, 2.45) is 0 Å². The van der Waals surface area contributed by atoms with Crippen molar-refractivity contribution in [2.45, 2.75) is 51.7 Å². The van der Waals surface area contributed by atoms with Crippen LogP contribution in [0.4, 0.5) is 0 Å². The number of aliphatic hydroxyl groups excluding tert-OH is 1. The summed E-state index contributed by atoms with van der Waals surface area (Å²) in [6.07, 6.45) is 0.294. The van der Waals surface area contributed by atoms with Crippen LogP contribution in [0.25, 0.3) is 0 Å². The fourth-order valence-corrected chi connectivity index (χ4v) is 4.49. The van der Waals surface area contributed by atoms with Gasteiger partial charge in [-0.05, 0) is 6.92 Å². The standard InChI is InChI=1S/C31H58N4O12/c1-7-47-31(41)13-19-35(23-21-33(16-10-28(38)44-4)17-11-29(39)45-5)25-24-34(18-12-30(40)46-6)22-20-32(14-8-26(36)42-2)15-9-27(37)43-3/h26,36H,7-25H2,1-6H3. The van der Waals surface area contributed by atoms with Gasteiger partial charge in [-0.25, -0.2) is 0 Å². The number of nitrogens with zero attached hydrogens (tertiary/aromatic N) is 4. The summed E-state index contributed by atoms with van der Waals surface area (Å²) in [4.78, 5) is 67.8. The number of hydrogen-bond acceptors (Lipinski definition) is 16.